The molecule has 1 saturated carbocycles. The second kappa shape index (κ2) is 6.22. The van der Waals surface area contributed by atoms with Crippen LogP contribution in [0.1, 0.15) is 19.0 Å². The lowest BCUT2D eigenvalue weighted by molar-refractivity contribution is -0.142. The van der Waals surface area contributed by atoms with Crippen LogP contribution in [0.4, 0.5) is 24.9 Å². The summed E-state index contributed by atoms with van der Waals surface area (Å²) >= 11 is 0. The van der Waals surface area contributed by atoms with Crippen LogP contribution in [0.2, 0.25) is 0 Å². The number of β-amino-alcohol motifs (C(OH)–C–C–N with tert-alkyl or cyclic N) is 1. The zero-order valence-electron chi connectivity index (χ0n) is 15.0. The first-order valence-corrected chi connectivity index (χ1v) is 8.91. The fraction of sp³-hybridized carbons (Fsp3) is 0.706. The monoisotopic (exact) mass is 386 g/mol. The minimum atomic E-state index is -4.57. The van der Waals surface area contributed by atoms with Crippen LogP contribution in [0.5, 0.6) is 0 Å². The number of anilines is 2. The largest absolute Gasteiger partial charge is 0.469 e. The molecule has 1 N–H and O–H groups in total. The third-order valence-electron chi connectivity index (χ3n) is 6.01. The predicted molar refractivity (Wildman–Crippen MR) is 89.2 cm³/mol. The SMILES string of the molecule is COC(=O)CC1C2CN(c3cc(C(F)(F)F)nc(N4C[C@@H](O)[C@@H]4C)n3)CC12. The van der Waals surface area contributed by atoms with Gasteiger partial charge in [0.2, 0.25) is 5.95 Å². The predicted octanol–water partition coefficient (Wildman–Crippen LogP) is 1.31. The number of esters is 1. The van der Waals surface area contributed by atoms with Gasteiger partial charge in [0, 0.05) is 32.1 Å². The summed E-state index contributed by atoms with van der Waals surface area (Å²) in [7, 11) is 1.35. The molecular weight excluding hydrogens is 365 g/mol. The minimum absolute atomic E-state index is 0.00990. The number of rotatable bonds is 4. The van der Waals surface area contributed by atoms with Crippen molar-refractivity contribution < 1.29 is 27.8 Å². The van der Waals surface area contributed by atoms with Gasteiger partial charge >= 0.3 is 12.1 Å². The normalized spacial score (nSPS) is 32.1. The van der Waals surface area contributed by atoms with E-state index in [1.165, 1.54) is 7.11 Å². The molecule has 3 heterocycles. The highest BCUT2D eigenvalue weighted by molar-refractivity contribution is 5.70. The van der Waals surface area contributed by atoms with Gasteiger partial charge in [0.1, 0.15) is 5.82 Å². The van der Waals surface area contributed by atoms with Gasteiger partial charge in [0.25, 0.3) is 0 Å². The van der Waals surface area contributed by atoms with Crippen LogP contribution < -0.4 is 9.80 Å². The fourth-order valence-electron chi connectivity index (χ4n) is 4.13. The number of aliphatic hydroxyl groups is 1. The van der Waals surface area contributed by atoms with Crippen LogP contribution in [0.25, 0.3) is 0 Å². The van der Waals surface area contributed by atoms with E-state index >= 15 is 0 Å². The third kappa shape index (κ3) is 3.19. The molecule has 4 rings (SSSR count). The Balaban J connectivity index is 1.53. The highest BCUT2D eigenvalue weighted by Gasteiger charge is 2.56. The first-order valence-electron chi connectivity index (χ1n) is 8.91. The minimum Gasteiger partial charge on any atom is -0.469 e. The quantitative estimate of drug-likeness (QED) is 0.782. The number of methoxy groups -OCH3 is 1. The zero-order chi connectivity index (χ0) is 19.5. The van der Waals surface area contributed by atoms with Gasteiger partial charge in [-0.2, -0.15) is 18.2 Å². The molecule has 148 valence electrons. The van der Waals surface area contributed by atoms with E-state index in [-0.39, 0.29) is 48.1 Å². The van der Waals surface area contributed by atoms with Crippen LogP contribution >= 0.6 is 0 Å². The van der Waals surface area contributed by atoms with Crippen molar-refractivity contribution in [3.05, 3.63) is 11.8 Å². The fourth-order valence-corrected chi connectivity index (χ4v) is 4.13. The maximum absolute atomic E-state index is 13.3. The number of aliphatic hydroxyl groups excluding tert-OH is 1. The second-order valence-electron chi connectivity index (χ2n) is 7.55. The van der Waals surface area contributed by atoms with Gasteiger partial charge in [-0.1, -0.05) is 0 Å². The molecule has 2 saturated heterocycles. The second-order valence-corrected chi connectivity index (χ2v) is 7.55. The first-order chi connectivity index (χ1) is 12.7. The molecule has 0 bridgehead atoms. The van der Waals surface area contributed by atoms with Crippen molar-refractivity contribution in [3.63, 3.8) is 0 Å². The number of halogens is 3. The Morgan fingerprint density at radius 1 is 1.30 bits per heavy atom. The topological polar surface area (TPSA) is 78.8 Å². The Labute approximate surface area is 154 Å². The van der Waals surface area contributed by atoms with Crippen LogP contribution in [0, 0.1) is 17.8 Å². The number of carbonyl (C=O) groups excluding carboxylic acids is 1. The van der Waals surface area contributed by atoms with Crippen LogP contribution in [-0.2, 0) is 15.7 Å². The molecule has 7 nitrogen and oxygen atoms in total. The van der Waals surface area contributed by atoms with Gasteiger partial charge in [-0.25, -0.2) is 4.98 Å². The smallest absolute Gasteiger partial charge is 0.433 e. The van der Waals surface area contributed by atoms with E-state index in [0.717, 1.165) is 6.07 Å². The van der Waals surface area contributed by atoms with Crippen molar-refractivity contribution in [3.8, 4) is 0 Å². The van der Waals surface area contributed by atoms with E-state index in [1.54, 1.807) is 11.8 Å². The number of nitrogens with zero attached hydrogens (tertiary/aromatic N) is 4. The van der Waals surface area contributed by atoms with Crippen LogP contribution in [0.3, 0.4) is 0 Å². The Morgan fingerprint density at radius 3 is 2.48 bits per heavy atom. The molecule has 0 amide bonds. The van der Waals surface area contributed by atoms with Crippen LogP contribution in [-0.4, -0.2) is 59.9 Å². The number of piperidine rings is 1. The molecule has 0 aromatic carbocycles. The Morgan fingerprint density at radius 2 is 1.96 bits per heavy atom. The standard InChI is InChI=1S/C17H21F3N4O3/c1-8-12(25)7-24(8)16-21-13(17(18,19)20)4-14(22-16)23-5-10-9(11(10)6-23)3-15(26)27-2/h4,8-12,25H,3,5-7H2,1-2H3/t8-,9?,10?,11?,12+/m0/s1. The molecule has 1 aromatic heterocycles. The van der Waals surface area contributed by atoms with E-state index in [4.69, 9.17) is 0 Å². The third-order valence-corrected chi connectivity index (χ3v) is 6.01. The van der Waals surface area contributed by atoms with Gasteiger partial charge in [0.05, 0.1) is 19.3 Å². The van der Waals surface area contributed by atoms with Crippen molar-refractivity contribution in [2.45, 2.75) is 31.7 Å². The summed E-state index contributed by atoms with van der Waals surface area (Å²) in [6, 6.07) is 0.655. The highest BCUT2D eigenvalue weighted by Crippen LogP contribution is 2.54. The molecular formula is C17H21F3N4O3. The molecule has 2 aliphatic heterocycles. The number of hydrogen-bond acceptors (Lipinski definition) is 7. The summed E-state index contributed by atoms with van der Waals surface area (Å²) < 4.78 is 44.6. The summed E-state index contributed by atoms with van der Waals surface area (Å²) in [5, 5.41) is 9.65. The molecule has 2 unspecified atom stereocenters. The summed E-state index contributed by atoms with van der Waals surface area (Å²) in [4.78, 5) is 22.8. The lowest BCUT2D eigenvalue weighted by atomic mass is 10.0. The van der Waals surface area contributed by atoms with Crippen molar-refractivity contribution in [1.29, 1.82) is 0 Å². The number of fused-ring (bicyclic) bond motifs is 1. The van der Waals surface area contributed by atoms with E-state index in [0.29, 0.717) is 19.5 Å². The Bertz CT molecular complexity index is 747. The highest BCUT2D eigenvalue weighted by atomic mass is 19.4. The molecule has 0 spiro atoms. The van der Waals surface area contributed by atoms with Crippen molar-refractivity contribution in [1.82, 2.24) is 9.97 Å². The van der Waals surface area contributed by atoms with Crippen molar-refractivity contribution >= 4 is 17.7 Å². The molecule has 4 atom stereocenters. The van der Waals surface area contributed by atoms with Crippen molar-refractivity contribution in [2.75, 3.05) is 36.5 Å². The van der Waals surface area contributed by atoms with E-state index in [9.17, 15) is 23.1 Å². The molecule has 0 radical (unpaired) electrons. The Hall–Kier alpha value is -2.10. The summed E-state index contributed by atoms with van der Waals surface area (Å²) in [6.45, 7) is 3.07. The number of carbonyl (C=O) groups is 1. The van der Waals surface area contributed by atoms with Crippen LogP contribution in [0.15, 0.2) is 6.07 Å². The number of hydrogen-bond donors (Lipinski definition) is 1. The summed E-state index contributed by atoms with van der Waals surface area (Å²) in [5.41, 5.74) is -0.984. The maximum atomic E-state index is 13.3. The molecule has 1 aromatic rings. The van der Waals surface area contributed by atoms with E-state index in [2.05, 4.69) is 14.7 Å². The average molecular weight is 386 g/mol. The molecule has 3 aliphatic rings. The maximum Gasteiger partial charge on any atom is 0.433 e. The lowest BCUT2D eigenvalue weighted by Gasteiger charge is -2.43. The van der Waals surface area contributed by atoms with Gasteiger partial charge in [-0.05, 0) is 24.7 Å². The van der Waals surface area contributed by atoms with E-state index in [1.807, 2.05) is 4.90 Å². The number of alkyl halides is 3. The van der Waals surface area contributed by atoms with Gasteiger partial charge in [-0.3, -0.25) is 4.79 Å². The molecule has 1 aliphatic carbocycles. The van der Waals surface area contributed by atoms with Gasteiger partial charge < -0.3 is 19.6 Å². The molecule has 10 heteroatoms. The van der Waals surface area contributed by atoms with Crippen molar-refractivity contribution in [2.24, 2.45) is 17.8 Å². The average Bonchev–Trinajstić information content (AvgIpc) is 3.05. The lowest BCUT2D eigenvalue weighted by Crippen LogP contribution is -2.59. The van der Waals surface area contributed by atoms with E-state index < -0.39 is 18.0 Å². The molecule has 3 fully saturated rings. The summed E-state index contributed by atoms with van der Waals surface area (Å²) in [6.07, 6.45) is -4.81. The summed E-state index contributed by atoms with van der Waals surface area (Å²) in [5.74, 6) is 0.773. The molecule has 27 heavy (non-hydrogen) atoms. The number of ether oxygens (including phenoxy) is 1. The van der Waals surface area contributed by atoms with Gasteiger partial charge in [-0.15, -0.1) is 0 Å². The zero-order valence-corrected chi connectivity index (χ0v) is 15.0. The first kappa shape index (κ1) is 18.3. The number of aromatic nitrogens is 2. The van der Waals surface area contributed by atoms with Gasteiger partial charge in [0.15, 0.2) is 5.69 Å². The Kier molecular flexibility index (Phi) is 4.21.